The van der Waals surface area contributed by atoms with Gasteiger partial charge in [-0.3, -0.25) is 19.9 Å². The highest BCUT2D eigenvalue weighted by molar-refractivity contribution is 5.90. The van der Waals surface area contributed by atoms with Crippen molar-refractivity contribution in [3.05, 3.63) is 24.0 Å². The molecule has 2 aliphatic rings. The third kappa shape index (κ3) is 4.87. The number of benzene rings is 1. The van der Waals surface area contributed by atoms with E-state index in [1.807, 2.05) is 0 Å². The number of nitrogens with zero attached hydrogens (tertiary/aromatic N) is 3. The quantitative estimate of drug-likeness (QED) is 0.465. The van der Waals surface area contributed by atoms with E-state index in [1.54, 1.807) is 17.0 Å². The van der Waals surface area contributed by atoms with Crippen LogP contribution in [-0.4, -0.2) is 74.6 Å². The molecular formula is C18H24F2N6O4. The molecule has 164 valence electrons. The lowest BCUT2D eigenvalue weighted by atomic mass is 10.2. The molecule has 4 N–H and O–H groups in total. The van der Waals surface area contributed by atoms with Crippen LogP contribution in [0.4, 0.5) is 25.0 Å². The Bertz CT molecular complexity index is 824. The zero-order valence-corrected chi connectivity index (χ0v) is 16.4. The van der Waals surface area contributed by atoms with Crippen molar-refractivity contribution in [3.8, 4) is 0 Å². The maximum absolute atomic E-state index is 14.8. The van der Waals surface area contributed by atoms with E-state index in [0.717, 1.165) is 6.92 Å². The predicted molar refractivity (Wildman–Crippen MR) is 104 cm³/mol. The van der Waals surface area contributed by atoms with Crippen molar-refractivity contribution in [2.75, 3.05) is 49.1 Å². The van der Waals surface area contributed by atoms with Crippen LogP contribution in [0.3, 0.4) is 0 Å². The molecule has 2 fully saturated rings. The molecule has 2 heterocycles. The van der Waals surface area contributed by atoms with Gasteiger partial charge in [0, 0.05) is 13.1 Å². The number of halogens is 2. The summed E-state index contributed by atoms with van der Waals surface area (Å²) in [6, 6.07) is 4.38. The van der Waals surface area contributed by atoms with Gasteiger partial charge in [-0.25, -0.2) is 18.6 Å². The molecule has 0 saturated carbocycles. The smallest absolute Gasteiger partial charge is 0.414 e. The van der Waals surface area contributed by atoms with Crippen molar-refractivity contribution in [1.29, 1.82) is 5.41 Å². The lowest BCUT2D eigenvalue weighted by Crippen LogP contribution is -2.38. The summed E-state index contributed by atoms with van der Waals surface area (Å²) in [5.41, 5.74) is 6.06. The third-order valence-corrected chi connectivity index (χ3v) is 4.77. The number of anilines is 2. The van der Waals surface area contributed by atoms with Gasteiger partial charge in [0.15, 0.2) is 6.17 Å². The van der Waals surface area contributed by atoms with Gasteiger partial charge in [0.1, 0.15) is 11.9 Å². The summed E-state index contributed by atoms with van der Waals surface area (Å²) in [6.45, 7) is 2.53. The standard InChI is InChI=1S/C18H24F2N6O4/c1-11(19)16(27)23-9-13-10-25(18(28)30-13)12-2-3-15(14(20)8-12)24-4-5-26(17(21)22)29-7-6-24/h2-3,8,11,13H,4-7,9-10H2,1H3,(H3,21,22)(H,23,27)/t11?,13-/m0/s1. The van der Waals surface area contributed by atoms with Gasteiger partial charge in [-0.15, -0.1) is 0 Å². The van der Waals surface area contributed by atoms with Crippen LogP contribution in [0, 0.1) is 11.2 Å². The van der Waals surface area contributed by atoms with Crippen molar-refractivity contribution < 1.29 is 27.9 Å². The summed E-state index contributed by atoms with van der Waals surface area (Å²) in [6.07, 6.45) is -3.00. The van der Waals surface area contributed by atoms with Crippen LogP contribution in [0.25, 0.3) is 0 Å². The number of alkyl halides is 1. The van der Waals surface area contributed by atoms with Gasteiger partial charge in [0.25, 0.3) is 5.91 Å². The first-order chi connectivity index (χ1) is 14.3. The molecule has 30 heavy (non-hydrogen) atoms. The van der Waals surface area contributed by atoms with Crippen molar-refractivity contribution in [1.82, 2.24) is 10.4 Å². The van der Waals surface area contributed by atoms with E-state index in [9.17, 15) is 18.4 Å². The molecule has 1 aromatic carbocycles. The molecule has 0 aliphatic carbocycles. The Hall–Kier alpha value is -3.15. The summed E-state index contributed by atoms with van der Waals surface area (Å²) in [4.78, 5) is 31.8. The maximum Gasteiger partial charge on any atom is 0.414 e. The minimum atomic E-state index is -1.66. The summed E-state index contributed by atoms with van der Waals surface area (Å²) in [7, 11) is 0. The fraction of sp³-hybridized carbons (Fsp3) is 0.500. The Kier molecular flexibility index (Phi) is 6.55. The van der Waals surface area contributed by atoms with Crippen molar-refractivity contribution in [2.24, 2.45) is 5.73 Å². The van der Waals surface area contributed by atoms with Crippen LogP contribution in [0.2, 0.25) is 0 Å². The van der Waals surface area contributed by atoms with E-state index in [4.69, 9.17) is 20.7 Å². The Labute approximate surface area is 171 Å². The van der Waals surface area contributed by atoms with Crippen LogP contribution >= 0.6 is 0 Å². The molecular weight excluding hydrogens is 402 g/mol. The first-order valence-electron chi connectivity index (χ1n) is 9.45. The molecule has 2 atom stereocenters. The first kappa shape index (κ1) is 21.6. The second-order valence-electron chi connectivity index (χ2n) is 6.92. The predicted octanol–water partition coefficient (Wildman–Crippen LogP) is 0.572. The minimum Gasteiger partial charge on any atom is -0.442 e. The monoisotopic (exact) mass is 426 g/mol. The van der Waals surface area contributed by atoms with Gasteiger partial charge >= 0.3 is 6.09 Å². The average Bonchev–Trinajstić information content (AvgIpc) is 2.90. The largest absolute Gasteiger partial charge is 0.442 e. The second-order valence-corrected chi connectivity index (χ2v) is 6.92. The number of carbonyl (C=O) groups is 2. The Morgan fingerprint density at radius 2 is 2.17 bits per heavy atom. The highest BCUT2D eigenvalue weighted by atomic mass is 19.1. The molecule has 10 nitrogen and oxygen atoms in total. The lowest BCUT2D eigenvalue weighted by molar-refractivity contribution is -0.125. The number of guanidine groups is 1. The molecule has 3 rings (SSSR count). The van der Waals surface area contributed by atoms with E-state index in [0.29, 0.717) is 31.0 Å². The van der Waals surface area contributed by atoms with E-state index in [1.165, 1.54) is 16.0 Å². The highest BCUT2D eigenvalue weighted by Gasteiger charge is 2.33. The highest BCUT2D eigenvalue weighted by Crippen LogP contribution is 2.28. The fourth-order valence-corrected chi connectivity index (χ4v) is 3.19. The molecule has 0 bridgehead atoms. The van der Waals surface area contributed by atoms with Crippen molar-refractivity contribution in [2.45, 2.75) is 19.2 Å². The van der Waals surface area contributed by atoms with E-state index in [-0.39, 0.29) is 25.7 Å². The summed E-state index contributed by atoms with van der Waals surface area (Å²) in [5.74, 6) is -1.53. The van der Waals surface area contributed by atoms with Crippen molar-refractivity contribution in [3.63, 3.8) is 0 Å². The number of hydrogen-bond acceptors (Lipinski definition) is 6. The van der Waals surface area contributed by atoms with Gasteiger partial charge in [-0.05, 0) is 25.1 Å². The molecule has 2 amide bonds. The van der Waals surface area contributed by atoms with E-state index < -0.39 is 30.1 Å². The van der Waals surface area contributed by atoms with Crippen LogP contribution in [-0.2, 0) is 14.4 Å². The Balaban J connectivity index is 1.64. The molecule has 1 unspecified atom stereocenters. The normalized spacial score (nSPS) is 20.6. The summed E-state index contributed by atoms with van der Waals surface area (Å²) in [5, 5.41) is 11.0. The number of hydrogen-bond donors (Lipinski definition) is 3. The maximum atomic E-state index is 14.8. The first-order valence-corrected chi connectivity index (χ1v) is 9.45. The van der Waals surface area contributed by atoms with E-state index >= 15 is 0 Å². The van der Waals surface area contributed by atoms with Gasteiger partial charge in [-0.1, -0.05) is 0 Å². The molecule has 0 spiro atoms. The number of hydroxylamine groups is 2. The summed E-state index contributed by atoms with van der Waals surface area (Å²) >= 11 is 0. The zero-order chi connectivity index (χ0) is 21.8. The molecule has 12 heteroatoms. The van der Waals surface area contributed by atoms with Gasteiger partial charge < -0.3 is 20.7 Å². The Morgan fingerprint density at radius 1 is 1.40 bits per heavy atom. The Morgan fingerprint density at radius 3 is 2.83 bits per heavy atom. The molecule has 2 aliphatic heterocycles. The molecule has 0 aromatic heterocycles. The molecule has 2 saturated heterocycles. The SMILES string of the molecule is CC(F)C(=O)NC[C@H]1CN(c2ccc(N3CCON(C(=N)N)CC3)c(F)c2)C(=O)O1. The number of ether oxygens (including phenoxy) is 1. The minimum absolute atomic E-state index is 0.0314. The van der Waals surface area contributed by atoms with Gasteiger partial charge in [0.2, 0.25) is 5.96 Å². The van der Waals surface area contributed by atoms with Crippen LogP contribution in [0.1, 0.15) is 6.92 Å². The number of amides is 2. The third-order valence-electron chi connectivity index (χ3n) is 4.77. The number of carbonyl (C=O) groups excluding carboxylic acids is 2. The topological polar surface area (TPSA) is 124 Å². The molecule has 1 aromatic rings. The van der Waals surface area contributed by atoms with Crippen LogP contribution in [0.5, 0.6) is 0 Å². The molecule has 0 radical (unpaired) electrons. The van der Waals surface area contributed by atoms with Gasteiger partial charge in [0.05, 0.1) is 37.6 Å². The number of rotatable bonds is 5. The van der Waals surface area contributed by atoms with Crippen LogP contribution in [0.15, 0.2) is 18.2 Å². The van der Waals surface area contributed by atoms with E-state index in [2.05, 4.69) is 5.32 Å². The number of nitrogens with two attached hydrogens (primary N) is 1. The van der Waals surface area contributed by atoms with Crippen LogP contribution < -0.4 is 20.9 Å². The fourth-order valence-electron chi connectivity index (χ4n) is 3.19. The summed E-state index contributed by atoms with van der Waals surface area (Å²) < 4.78 is 32.9. The lowest BCUT2D eigenvalue weighted by Gasteiger charge is -2.23. The average molecular weight is 426 g/mol. The number of cyclic esters (lactones) is 1. The van der Waals surface area contributed by atoms with Crippen molar-refractivity contribution >= 4 is 29.3 Å². The second kappa shape index (κ2) is 9.11. The van der Waals surface area contributed by atoms with Gasteiger partial charge in [-0.2, -0.15) is 0 Å². The zero-order valence-electron chi connectivity index (χ0n) is 16.4. The number of nitrogens with one attached hydrogen (secondary N) is 2.